The highest BCUT2D eigenvalue weighted by atomic mass is 79.9. The summed E-state index contributed by atoms with van der Waals surface area (Å²) in [5.74, 6) is 1.03. The number of anilines is 1. The van der Waals surface area contributed by atoms with Crippen LogP contribution in [-0.4, -0.2) is 20.1 Å². The fourth-order valence-electron chi connectivity index (χ4n) is 1.55. The molecule has 4 nitrogen and oxygen atoms in total. The molecule has 1 N–H and O–H groups in total. The molecule has 0 unspecified atom stereocenters. The fourth-order valence-corrected chi connectivity index (χ4v) is 2.65. The van der Waals surface area contributed by atoms with Gasteiger partial charge >= 0.3 is 0 Å². The lowest BCUT2D eigenvalue weighted by atomic mass is 10.2. The summed E-state index contributed by atoms with van der Waals surface area (Å²) in [6.07, 6.45) is 0. The summed E-state index contributed by atoms with van der Waals surface area (Å²) in [6.45, 7) is 0. The minimum Gasteiger partial charge on any atom is -0.495 e. The van der Waals surface area contributed by atoms with Crippen molar-refractivity contribution in [3.05, 3.63) is 39.0 Å². The van der Waals surface area contributed by atoms with Crippen molar-refractivity contribution in [2.45, 2.75) is 0 Å². The molecule has 6 heteroatoms. The van der Waals surface area contributed by atoms with Crippen molar-refractivity contribution in [1.82, 2.24) is 0 Å². The number of carbonyl (C=O) groups excluding carboxylic acids is 1. The van der Waals surface area contributed by atoms with Crippen LogP contribution in [0.15, 0.2) is 34.1 Å². The van der Waals surface area contributed by atoms with E-state index in [4.69, 9.17) is 9.47 Å². The second-order valence-electron chi connectivity index (χ2n) is 3.62. The maximum Gasteiger partial charge on any atom is 0.265 e. The quantitative estimate of drug-likeness (QED) is 0.920. The first-order valence-electron chi connectivity index (χ1n) is 5.42. The summed E-state index contributed by atoms with van der Waals surface area (Å²) >= 11 is 4.76. The molecule has 1 aromatic carbocycles. The molecule has 0 bridgehead atoms. The van der Waals surface area contributed by atoms with Gasteiger partial charge in [0, 0.05) is 12.1 Å². The molecule has 1 amide bonds. The van der Waals surface area contributed by atoms with E-state index in [-0.39, 0.29) is 5.91 Å². The van der Waals surface area contributed by atoms with Crippen LogP contribution >= 0.6 is 27.3 Å². The number of hydrogen-bond donors (Lipinski definition) is 1. The van der Waals surface area contributed by atoms with E-state index < -0.39 is 0 Å². The van der Waals surface area contributed by atoms with E-state index >= 15 is 0 Å². The number of hydrogen-bond acceptors (Lipinski definition) is 4. The van der Waals surface area contributed by atoms with Crippen LogP contribution in [0, 0.1) is 0 Å². The molecule has 1 aromatic heterocycles. The minimum absolute atomic E-state index is 0.169. The van der Waals surface area contributed by atoms with Crippen LogP contribution in [0.2, 0.25) is 0 Å². The van der Waals surface area contributed by atoms with E-state index in [1.165, 1.54) is 11.3 Å². The molecule has 0 radical (unpaired) electrons. The van der Waals surface area contributed by atoms with Crippen molar-refractivity contribution < 1.29 is 14.3 Å². The zero-order valence-corrected chi connectivity index (χ0v) is 12.8. The topological polar surface area (TPSA) is 47.6 Å². The average Bonchev–Trinajstić information content (AvgIpc) is 2.94. The van der Waals surface area contributed by atoms with Crippen LogP contribution in [0.5, 0.6) is 11.5 Å². The zero-order chi connectivity index (χ0) is 13.8. The van der Waals surface area contributed by atoms with E-state index in [9.17, 15) is 4.79 Å². The Kier molecular flexibility index (Phi) is 4.44. The van der Waals surface area contributed by atoms with E-state index in [2.05, 4.69) is 21.2 Å². The number of benzene rings is 1. The van der Waals surface area contributed by atoms with Gasteiger partial charge in [-0.25, -0.2) is 0 Å². The van der Waals surface area contributed by atoms with E-state index in [0.717, 1.165) is 4.47 Å². The van der Waals surface area contributed by atoms with Crippen molar-refractivity contribution in [3.63, 3.8) is 0 Å². The van der Waals surface area contributed by atoms with E-state index in [1.807, 2.05) is 11.4 Å². The Bertz CT molecular complexity index is 584. The predicted molar refractivity (Wildman–Crippen MR) is 79.5 cm³/mol. The zero-order valence-electron chi connectivity index (χ0n) is 10.4. The van der Waals surface area contributed by atoms with Gasteiger partial charge in [-0.2, -0.15) is 0 Å². The largest absolute Gasteiger partial charge is 0.495 e. The van der Waals surface area contributed by atoms with Crippen LogP contribution in [-0.2, 0) is 0 Å². The standard InChI is InChI=1S/C13H12BrNO3S/c1-17-10-7-9(11(18-2)6-8(10)14)15-13(16)12-4-3-5-19-12/h3-7H,1-2H3,(H,15,16). The van der Waals surface area contributed by atoms with Gasteiger partial charge in [0.25, 0.3) is 5.91 Å². The average molecular weight is 342 g/mol. The van der Waals surface area contributed by atoms with Crippen molar-refractivity contribution in [2.24, 2.45) is 0 Å². The van der Waals surface area contributed by atoms with Gasteiger partial charge in [0.1, 0.15) is 11.5 Å². The number of rotatable bonds is 4. The molecule has 0 saturated carbocycles. The Balaban J connectivity index is 2.31. The molecule has 2 rings (SSSR count). The van der Waals surface area contributed by atoms with Crippen molar-refractivity contribution in [1.29, 1.82) is 0 Å². The second kappa shape index (κ2) is 6.08. The number of ether oxygens (including phenoxy) is 2. The van der Waals surface area contributed by atoms with Gasteiger partial charge in [-0.05, 0) is 27.4 Å². The van der Waals surface area contributed by atoms with E-state index in [1.54, 1.807) is 32.4 Å². The lowest BCUT2D eigenvalue weighted by Gasteiger charge is -2.12. The highest BCUT2D eigenvalue weighted by Gasteiger charge is 2.13. The Labute approximate surface area is 123 Å². The lowest BCUT2D eigenvalue weighted by molar-refractivity contribution is 0.103. The molecule has 0 aliphatic heterocycles. The smallest absolute Gasteiger partial charge is 0.265 e. The monoisotopic (exact) mass is 341 g/mol. The lowest BCUT2D eigenvalue weighted by Crippen LogP contribution is -2.11. The number of halogens is 1. The Morgan fingerprint density at radius 3 is 2.58 bits per heavy atom. The SMILES string of the molecule is COc1cc(NC(=O)c2cccs2)c(OC)cc1Br. The first kappa shape index (κ1) is 13.9. The first-order valence-corrected chi connectivity index (χ1v) is 7.09. The second-order valence-corrected chi connectivity index (χ2v) is 5.42. The molecule has 0 saturated heterocycles. The number of methoxy groups -OCH3 is 2. The Morgan fingerprint density at radius 2 is 2.00 bits per heavy atom. The number of nitrogens with one attached hydrogen (secondary N) is 1. The van der Waals surface area contributed by atoms with Crippen molar-refractivity contribution in [3.8, 4) is 11.5 Å². The van der Waals surface area contributed by atoms with Gasteiger partial charge in [0.15, 0.2) is 0 Å². The highest BCUT2D eigenvalue weighted by molar-refractivity contribution is 9.10. The van der Waals surface area contributed by atoms with Gasteiger partial charge in [-0.15, -0.1) is 11.3 Å². The molecular weight excluding hydrogens is 330 g/mol. The molecule has 0 atom stereocenters. The molecule has 100 valence electrons. The van der Waals surface area contributed by atoms with Crippen molar-refractivity contribution in [2.75, 3.05) is 19.5 Å². The number of thiophene rings is 1. The third-order valence-corrected chi connectivity index (χ3v) is 3.96. The van der Waals surface area contributed by atoms with Gasteiger partial charge < -0.3 is 14.8 Å². The maximum absolute atomic E-state index is 12.0. The minimum atomic E-state index is -0.169. The predicted octanol–water partition coefficient (Wildman–Crippen LogP) is 3.78. The summed E-state index contributed by atoms with van der Waals surface area (Å²) in [5.41, 5.74) is 0.570. The van der Waals surface area contributed by atoms with Crippen LogP contribution in [0.25, 0.3) is 0 Å². The molecule has 1 heterocycles. The van der Waals surface area contributed by atoms with Crippen LogP contribution in [0.3, 0.4) is 0 Å². The normalized spacial score (nSPS) is 10.1. The molecular formula is C13H12BrNO3S. The summed E-state index contributed by atoms with van der Waals surface area (Å²) in [6, 6.07) is 7.07. The third-order valence-electron chi connectivity index (χ3n) is 2.47. The summed E-state index contributed by atoms with van der Waals surface area (Å²) < 4.78 is 11.2. The van der Waals surface area contributed by atoms with E-state index in [0.29, 0.717) is 22.1 Å². The molecule has 0 aliphatic carbocycles. The molecule has 19 heavy (non-hydrogen) atoms. The van der Waals surface area contributed by atoms with Gasteiger partial charge in [0.05, 0.1) is 29.3 Å². The number of amides is 1. The first-order chi connectivity index (χ1) is 9.15. The molecule has 2 aromatic rings. The Morgan fingerprint density at radius 1 is 1.26 bits per heavy atom. The van der Waals surface area contributed by atoms with Gasteiger partial charge in [-0.1, -0.05) is 6.07 Å². The molecule has 0 fully saturated rings. The summed E-state index contributed by atoms with van der Waals surface area (Å²) in [5, 5.41) is 4.67. The van der Waals surface area contributed by atoms with Crippen molar-refractivity contribution >= 4 is 38.9 Å². The van der Waals surface area contributed by atoms with Crippen LogP contribution in [0.4, 0.5) is 5.69 Å². The Hall–Kier alpha value is -1.53. The van der Waals surface area contributed by atoms with Crippen LogP contribution in [0.1, 0.15) is 9.67 Å². The maximum atomic E-state index is 12.0. The fraction of sp³-hybridized carbons (Fsp3) is 0.154. The van der Waals surface area contributed by atoms with Gasteiger partial charge in [0.2, 0.25) is 0 Å². The number of carbonyl (C=O) groups is 1. The third kappa shape index (κ3) is 3.08. The summed E-state index contributed by atoms with van der Waals surface area (Å²) in [7, 11) is 3.12. The van der Waals surface area contributed by atoms with Gasteiger partial charge in [-0.3, -0.25) is 4.79 Å². The molecule has 0 spiro atoms. The molecule has 0 aliphatic rings. The highest BCUT2D eigenvalue weighted by Crippen LogP contribution is 2.36. The van der Waals surface area contributed by atoms with Crippen LogP contribution < -0.4 is 14.8 Å². The summed E-state index contributed by atoms with van der Waals surface area (Å²) in [4.78, 5) is 12.7.